The van der Waals surface area contributed by atoms with Crippen LogP contribution < -0.4 is 0 Å². The molecule has 3 heterocycles. The minimum absolute atomic E-state index is 0.0722. The quantitative estimate of drug-likeness (QED) is 0.104. The Morgan fingerprint density at radius 2 is 1.52 bits per heavy atom. The summed E-state index contributed by atoms with van der Waals surface area (Å²) in [6, 6.07) is 2.97. The minimum Gasteiger partial charge on any atom is -0.546 e. The fraction of sp³-hybridized carbons (Fsp3) is 0.655. The molecule has 256 valence electrons. The molecule has 3 rings (SSSR count). The zero-order valence-corrected chi connectivity index (χ0v) is 29.1. The summed E-state index contributed by atoms with van der Waals surface area (Å²) in [7, 11) is -2.38. The van der Waals surface area contributed by atoms with Gasteiger partial charge in [0.1, 0.15) is 18.8 Å². The van der Waals surface area contributed by atoms with Gasteiger partial charge in [-0.25, -0.2) is 0 Å². The lowest BCUT2D eigenvalue weighted by atomic mass is 9.98. The Labute approximate surface area is 271 Å². The average Bonchev–Trinajstić information content (AvgIpc) is 3.40. The van der Waals surface area contributed by atoms with Crippen LogP contribution in [-0.2, 0) is 56.8 Å². The van der Waals surface area contributed by atoms with Crippen LogP contribution in [-0.4, -0.2) is 80.7 Å². The number of thiophene rings is 1. The van der Waals surface area contributed by atoms with Crippen molar-refractivity contribution < 1.29 is 61.7 Å². The number of hydrogen-bond donors (Lipinski definition) is 0. The van der Waals surface area contributed by atoms with Gasteiger partial charge in [-0.3, -0.25) is 29.3 Å². The number of nitrogens with zero attached hydrogens (tertiary/aromatic N) is 1. The van der Waals surface area contributed by atoms with Crippen molar-refractivity contribution in [2.75, 3.05) is 6.61 Å². The maximum Gasteiger partial charge on any atom is 0.324 e. The van der Waals surface area contributed by atoms with Crippen molar-refractivity contribution in [3.05, 3.63) is 39.0 Å². The van der Waals surface area contributed by atoms with Crippen LogP contribution in [0.2, 0.25) is 18.1 Å². The second kappa shape index (κ2) is 15.0. The van der Waals surface area contributed by atoms with E-state index in [2.05, 4.69) is 33.9 Å². The van der Waals surface area contributed by atoms with Crippen LogP contribution >= 0.6 is 11.3 Å². The Bertz CT molecular complexity index is 1340. The summed E-state index contributed by atoms with van der Waals surface area (Å²) in [5.41, 5.74) is 0. The van der Waals surface area contributed by atoms with Crippen molar-refractivity contribution in [2.45, 2.75) is 116 Å². The van der Waals surface area contributed by atoms with E-state index in [0.29, 0.717) is 10.6 Å². The molecular weight excluding hydrogens is 646 g/mol. The van der Waals surface area contributed by atoms with Crippen LogP contribution in [0, 0.1) is 10.1 Å². The van der Waals surface area contributed by atoms with E-state index in [0.717, 1.165) is 32.1 Å². The first kappa shape index (κ1) is 37.1. The molecule has 2 aliphatic rings. The van der Waals surface area contributed by atoms with Gasteiger partial charge in [-0.15, -0.1) is 0 Å². The monoisotopic (exact) mass is 687 g/mol. The molecule has 0 spiro atoms. The largest absolute Gasteiger partial charge is 0.546 e. The van der Waals surface area contributed by atoms with E-state index in [-0.39, 0.29) is 16.5 Å². The first-order valence-electron chi connectivity index (χ1n) is 14.5. The summed E-state index contributed by atoms with van der Waals surface area (Å²) in [6.07, 6.45) is -7.09. The van der Waals surface area contributed by atoms with E-state index in [1.54, 1.807) is 12.1 Å². The maximum atomic E-state index is 12.2. The van der Waals surface area contributed by atoms with E-state index >= 15 is 0 Å². The van der Waals surface area contributed by atoms with E-state index < -0.39 is 86.8 Å². The summed E-state index contributed by atoms with van der Waals surface area (Å²) in [5.74, 6) is -2.48. The number of carbonyl (C=O) groups excluding carboxylic acids is 4. The molecule has 0 aliphatic carbocycles. The van der Waals surface area contributed by atoms with Crippen LogP contribution in [0.1, 0.15) is 65.9 Å². The SMILES string of the molecule is CC(=O)OC[C@H]1O[C@@H](O[C@@H]2C=C(O[Si](C)(C)C(C)(C)C)C[C@H](c3ccc([N+](=O)[O-])s3)O2)[C@H](OC(C)=O)[C@@H](OC(C)=O)[C@@H]1OC(C)=O. The molecule has 46 heavy (non-hydrogen) atoms. The standard InChI is InChI=1S/C29H41NO14SSi/c1-15(31)37-14-21-25(38-16(2)32)26(39-17(3)33)27(40-18(4)34)28(42-21)43-24-13-19(44-46(8,9)29(5,6)7)12-20(41-24)22-10-11-23(45-22)30(35)36/h10-11,13,20-21,24-28H,12,14H2,1-9H3/t20-,21-,24-,25-,26+,27-,28+/m1/s1. The van der Waals surface area contributed by atoms with Gasteiger partial charge in [0.25, 0.3) is 0 Å². The highest BCUT2D eigenvalue weighted by atomic mass is 32.1. The Morgan fingerprint density at radius 3 is 2.04 bits per heavy atom. The van der Waals surface area contributed by atoms with E-state index in [9.17, 15) is 29.3 Å². The molecule has 0 bridgehead atoms. The van der Waals surface area contributed by atoms with E-state index in [4.69, 9.17) is 37.6 Å². The number of rotatable bonds is 11. The van der Waals surface area contributed by atoms with Gasteiger partial charge in [-0.1, -0.05) is 32.1 Å². The summed E-state index contributed by atoms with van der Waals surface area (Å²) in [6.45, 7) is 14.4. The Balaban J connectivity index is 2.05. The van der Waals surface area contributed by atoms with Gasteiger partial charge in [-0.2, -0.15) is 0 Å². The molecule has 1 fully saturated rings. The van der Waals surface area contributed by atoms with Gasteiger partial charge in [0.2, 0.25) is 14.6 Å². The molecular formula is C29H41NO14SSi. The van der Waals surface area contributed by atoms with Crippen LogP contribution in [0.3, 0.4) is 0 Å². The van der Waals surface area contributed by atoms with Crippen molar-refractivity contribution >= 4 is 48.5 Å². The molecule has 0 amide bonds. The molecule has 0 saturated carbocycles. The third-order valence-corrected chi connectivity index (χ3v) is 13.0. The summed E-state index contributed by atoms with van der Waals surface area (Å²) >= 11 is 0.947. The average molecular weight is 688 g/mol. The lowest BCUT2D eigenvalue weighted by Gasteiger charge is -2.45. The lowest BCUT2D eigenvalue weighted by Crippen LogP contribution is -2.63. The third-order valence-electron chi connectivity index (χ3n) is 7.53. The smallest absolute Gasteiger partial charge is 0.324 e. The summed E-state index contributed by atoms with van der Waals surface area (Å²) in [4.78, 5) is 59.6. The molecule has 1 aromatic heterocycles. The lowest BCUT2D eigenvalue weighted by molar-refractivity contribution is -0.380. The molecule has 0 unspecified atom stereocenters. The second-order valence-electron chi connectivity index (χ2n) is 12.3. The third kappa shape index (κ3) is 9.81. The highest BCUT2D eigenvalue weighted by Gasteiger charge is 2.53. The highest BCUT2D eigenvalue weighted by molar-refractivity contribution is 7.15. The Morgan fingerprint density at radius 1 is 0.935 bits per heavy atom. The zero-order chi connectivity index (χ0) is 34.6. The molecule has 2 aliphatic heterocycles. The number of carbonyl (C=O) groups is 4. The Kier molecular flexibility index (Phi) is 12.1. The maximum absolute atomic E-state index is 12.2. The highest BCUT2D eigenvalue weighted by Crippen LogP contribution is 2.43. The summed E-state index contributed by atoms with van der Waals surface area (Å²) in [5, 5.41) is 11.2. The van der Waals surface area contributed by atoms with Crippen LogP contribution in [0.15, 0.2) is 24.0 Å². The van der Waals surface area contributed by atoms with Crippen molar-refractivity contribution in [2.24, 2.45) is 0 Å². The van der Waals surface area contributed by atoms with Gasteiger partial charge in [0.15, 0.2) is 24.6 Å². The van der Waals surface area contributed by atoms with Gasteiger partial charge in [0.05, 0.1) is 10.7 Å². The van der Waals surface area contributed by atoms with Gasteiger partial charge in [-0.05, 0) is 24.2 Å². The fourth-order valence-electron chi connectivity index (χ4n) is 4.49. The molecule has 7 atom stereocenters. The zero-order valence-electron chi connectivity index (χ0n) is 27.3. The number of hydrogen-bond acceptors (Lipinski definition) is 15. The molecule has 0 N–H and O–H groups in total. The normalized spacial score (nSPS) is 26.7. The van der Waals surface area contributed by atoms with Crippen molar-refractivity contribution in [3.63, 3.8) is 0 Å². The van der Waals surface area contributed by atoms with Crippen LogP contribution in [0.5, 0.6) is 0 Å². The van der Waals surface area contributed by atoms with E-state index in [1.807, 2.05) is 0 Å². The van der Waals surface area contributed by atoms with Crippen LogP contribution in [0.4, 0.5) is 5.00 Å². The van der Waals surface area contributed by atoms with Gasteiger partial charge < -0.3 is 37.6 Å². The first-order chi connectivity index (χ1) is 21.3. The number of nitro groups is 1. The van der Waals surface area contributed by atoms with Crippen molar-refractivity contribution in [1.29, 1.82) is 0 Å². The molecule has 0 aromatic carbocycles. The molecule has 1 saturated heterocycles. The molecule has 1 aromatic rings. The van der Waals surface area contributed by atoms with Gasteiger partial charge in [0, 0.05) is 51.1 Å². The fourth-order valence-corrected chi connectivity index (χ4v) is 6.46. The second-order valence-corrected chi connectivity index (χ2v) is 18.1. The minimum atomic E-state index is -2.38. The summed E-state index contributed by atoms with van der Waals surface area (Å²) < 4.78 is 46.6. The number of esters is 4. The van der Waals surface area contributed by atoms with Gasteiger partial charge >= 0.3 is 28.9 Å². The molecule has 0 radical (unpaired) electrons. The predicted molar refractivity (Wildman–Crippen MR) is 163 cm³/mol. The van der Waals surface area contributed by atoms with E-state index in [1.165, 1.54) is 13.0 Å². The predicted octanol–water partition coefficient (Wildman–Crippen LogP) is 4.45. The number of ether oxygens (including phenoxy) is 7. The first-order valence-corrected chi connectivity index (χ1v) is 18.2. The van der Waals surface area contributed by atoms with Crippen LogP contribution in [0.25, 0.3) is 0 Å². The topological polar surface area (TPSA) is 185 Å². The van der Waals surface area contributed by atoms with Crippen molar-refractivity contribution in [3.8, 4) is 0 Å². The Hall–Kier alpha value is -3.38. The molecule has 17 heteroatoms. The van der Waals surface area contributed by atoms with Crippen molar-refractivity contribution in [1.82, 2.24) is 0 Å². The molecule has 15 nitrogen and oxygen atoms in total.